The Kier molecular flexibility index (Phi) is 41.3. The molecule has 0 aliphatic heterocycles. The maximum Gasteiger partial charge on any atom is 0.306 e. The highest BCUT2D eigenvalue weighted by Crippen LogP contribution is 2.18. The van der Waals surface area contributed by atoms with Crippen LogP contribution < -0.4 is 10.6 Å². The fourth-order valence-corrected chi connectivity index (χ4v) is 7.32. The van der Waals surface area contributed by atoms with E-state index in [1.54, 1.807) is 7.05 Å². The number of rotatable bonds is 43. The van der Waals surface area contributed by atoms with E-state index in [9.17, 15) is 19.7 Å². The van der Waals surface area contributed by atoms with Gasteiger partial charge in [-0.05, 0) is 83.8 Å². The second kappa shape index (κ2) is 43.2. The highest BCUT2D eigenvalue weighted by atomic mass is 16.7. The smallest absolute Gasteiger partial charge is 0.306 e. The van der Waals surface area contributed by atoms with Gasteiger partial charge in [-0.1, -0.05) is 156 Å². The second-order valence-corrected chi connectivity index (χ2v) is 16.3. The van der Waals surface area contributed by atoms with Crippen molar-refractivity contribution < 1.29 is 24.1 Å². The van der Waals surface area contributed by atoms with Gasteiger partial charge in [0.05, 0.1) is 6.61 Å². The van der Waals surface area contributed by atoms with E-state index in [1.165, 1.54) is 89.9 Å². The molecule has 0 aromatic heterocycles. The summed E-state index contributed by atoms with van der Waals surface area (Å²) in [4.78, 5) is 38.2. The number of unbranched alkanes of at least 4 members (excludes halogenated alkanes) is 23. The molecule has 0 aromatic carbocycles. The van der Waals surface area contributed by atoms with Crippen LogP contribution in [0.2, 0.25) is 0 Å². The van der Waals surface area contributed by atoms with Crippen molar-refractivity contribution in [3.05, 3.63) is 10.1 Å². The summed E-state index contributed by atoms with van der Waals surface area (Å²) in [5.74, 6) is 0.108. The summed E-state index contributed by atoms with van der Waals surface area (Å²) in [6.07, 6.45) is 37.0. The number of nitrogens with one attached hydrogen (secondary N) is 2. The molecule has 0 bridgehead atoms. The molecule has 11 heteroatoms. The highest BCUT2D eigenvalue weighted by Gasteiger charge is 2.14. The Morgan fingerprint density at radius 1 is 0.579 bits per heavy atom. The van der Waals surface area contributed by atoms with Gasteiger partial charge in [-0.3, -0.25) is 9.59 Å². The summed E-state index contributed by atoms with van der Waals surface area (Å²) in [5, 5.41) is 19.2. The zero-order chi connectivity index (χ0) is 41.9. The summed E-state index contributed by atoms with van der Waals surface area (Å²) in [6, 6.07) is 0. The van der Waals surface area contributed by atoms with Crippen LogP contribution in [-0.2, 0) is 19.1 Å². The lowest BCUT2D eigenvalue weighted by atomic mass is 10.0. The van der Waals surface area contributed by atoms with E-state index >= 15 is 0 Å². The molecule has 1 unspecified atom stereocenters. The first-order chi connectivity index (χ1) is 27.9. The molecular formula is C46H91N5O6. The molecule has 0 heterocycles. The Bertz CT molecular complexity index is 952. The van der Waals surface area contributed by atoms with Crippen LogP contribution in [0, 0.1) is 10.1 Å². The van der Waals surface area contributed by atoms with Gasteiger partial charge in [0.25, 0.3) is 5.96 Å². The third-order valence-corrected chi connectivity index (χ3v) is 10.9. The molecule has 2 N–H and O–H groups in total. The van der Waals surface area contributed by atoms with Gasteiger partial charge in [-0.2, -0.15) is 0 Å². The van der Waals surface area contributed by atoms with E-state index in [4.69, 9.17) is 9.47 Å². The van der Waals surface area contributed by atoms with Crippen molar-refractivity contribution in [2.45, 2.75) is 239 Å². The molecule has 57 heavy (non-hydrogen) atoms. The maximum atomic E-state index is 12.8. The third kappa shape index (κ3) is 40.1. The topological polar surface area (TPSA) is 135 Å². The van der Waals surface area contributed by atoms with Gasteiger partial charge < -0.3 is 25.0 Å². The molecule has 0 aliphatic rings. The molecule has 0 aromatic rings. The van der Waals surface area contributed by atoms with Crippen molar-refractivity contribution in [3.8, 4) is 0 Å². The molecule has 0 amide bonds. The second-order valence-electron chi connectivity index (χ2n) is 16.3. The summed E-state index contributed by atoms with van der Waals surface area (Å²) < 4.78 is 11.5. The molecule has 0 saturated carbocycles. The van der Waals surface area contributed by atoms with Gasteiger partial charge in [0.2, 0.25) is 0 Å². The maximum absolute atomic E-state index is 12.8. The van der Waals surface area contributed by atoms with Crippen LogP contribution in [-0.4, -0.2) is 73.8 Å². The van der Waals surface area contributed by atoms with Gasteiger partial charge in [0, 0.05) is 26.4 Å². The molecule has 0 spiro atoms. The number of nitrogens with zero attached hydrogens (tertiary/aromatic N) is 3. The van der Waals surface area contributed by atoms with Crippen LogP contribution in [0.4, 0.5) is 0 Å². The lowest BCUT2D eigenvalue weighted by molar-refractivity contribution is -0.485. The van der Waals surface area contributed by atoms with E-state index < -0.39 is 5.03 Å². The van der Waals surface area contributed by atoms with Crippen molar-refractivity contribution >= 4 is 17.9 Å². The highest BCUT2D eigenvalue weighted by molar-refractivity contribution is 5.78. The van der Waals surface area contributed by atoms with E-state index in [2.05, 4.69) is 41.4 Å². The van der Waals surface area contributed by atoms with Crippen molar-refractivity contribution in [2.75, 3.05) is 39.8 Å². The summed E-state index contributed by atoms with van der Waals surface area (Å²) in [6.45, 7) is 10.8. The minimum Gasteiger partial charge on any atom is -0.466 e. The first-order valence-corrected chi connectivity index (χ1v) is 24.1. The van der Waals surface area contributed by atoms with Gasteiger partial charge in [0.1, 0.15) is 11.2 Å². The van der Waals surface area contributed by atoms with Gasteiger partial charge >= 0.3 is 11.9 Å². The van der Waals surface area contributed by atoms with Crippen LogP contribution in [0.15, 0.2) is 5.10 Å². The van der Waals surface area contributed by atoms with Crippen LogP contribution >= 0.6 is 0 Å². The summed E-state index contributed by atoms with van der Waals surface area (Å²) >= 11 is 0. The van der Waals surface area contributed by atoms with Gasteiger partial charge in [0.15, 0.2) is 5.03 Å². The standard InChI is InChI=1S/C46H91N5O6/c1-5-8-11-14-16-25-32-42-56-44(52)36-28-21-17-23-30-39-50(41-33-38-48-46(47-4)49-51(54)55)40-31-24-18-22-29-37-45(53)57-43(34-26-19-13-10-7-3)35-27-20-15-12-9-6-2/h43H,5-42H2,1-4H3,(H2,47,48,49). The largest absolute Gasteiger partial charge is 0.466 e. The van der Waals surface area contributed by atoms with Crippen molar-refractivity contribution in [1.82, 2.24) is 15.5 Å². The minimum absolute atomic E-state index is 0.0113. The molecule has 0 aliphatic carbocycles. The quantitative estimate of drug-likeness (QED) is 0.0154. The molecule has 0 radical (unpaired) electrons. The molecule has 0 saturated heterocycles. The van der Waals surface area contributed by atoms with E-state index in [0.717, 1.165) is 129 Å². The van der Waals surface area contributed by atoms with Crippen LogP contribution in [0.3, 0.4) is 0 Å². The zero-order valence-electron chi connectivity index (χ0n) is 37.7. The monoisotopic (exact) mass is 810 g/mol. The number of hydrazone groups is 1. The lowest BCUT2D eigenvalue weighted by Gasteiger charge is -2.22. The average molecular weight is 810 g/mol. The van der Waals surface area contributed by atoms with Crippen molar-refractivity contribution in [1.29, 1.82) is 0 Å². The number of carbonyl (C=O) groups excluding carboxylic acids is 2. The van der Waals surface area contributed by atoms with E-state index in [1.807, 2.05) is 0 Å². The molecular weight excluding hydrogens is 719 g/mol. The summed E-state index contributed by atoms with van der Waals surface area (Å²) in [5.41, 5.74) is 0. The van der Waals surface area contributed by atoms with Crippen LogP contribution in [0.1, 0.15) is 233 Å². The Morgan fingerprint density at radius 2 is 1.00 bits per heavy atom. The molecule has 336 valence electrons. The third-order valence-electron chi connectivity index (χ3n) is 10.9. The first-order valence-electron chi connectivity index (χ1n) is 24.1. The zero-order valence-corrected chi connectivity index (χ0v) is 37.7. The van der Waals surface area contributed by atoms with Crippen LogP contribution in [0.5, 0.6) is 0 Å². The number of carbonyl (C=O) groups is 2. The molecule has 0 rings (SSSR count). The van der Waals surface area contributed by atoms with Gasteiger partial charge in [-0.25, -0.2) is 10.1 Å². The number of hydrogen-bond donors (Lipinski definition) is 2. The number of nitro groups is 1. The number of ether oxygens (including phenoxy) is 2. The fourth-order valence-electron chi connectivity index (χ4n) is 7.32. The Balaban J connectivity index is 4.46. The first kappa shape index (κ1) is 54.6. The Hall–Kier alpha value is -2.43. The van der Waals surface area contributed by atoms with E-state index in [-0.39, 0.29) is 24.0 Å². The van der Waals surface area contributed by atoms with Crippen LogP contribution in [0.25, 0.3) is 0 Å². The lowest BCUT2D eigenvalue weighted by Crippen LogP contribution is -2.37. The van der Waals surface area contributed by atoms with E-state index in [0.29, 0.717) is 26.0 Å². The van der Waals surface area contributed by atoms with Crippen molar-refractivity contribution in [2.24, 2.45) is 5.10 Å². The molecule has 1 atom stereocenters. The normalized spacial score (nSPS) is 12.2. The predicted octanol–water partition coefficient (Wildman–Crippen LogP) is 12.0. The Labute approximate surface area is 350 Å². The van der Waals surface area contributed by atoms with Crippen molar-refractivity contribution in [3.63, 3.8) is 0 Å². The summed E-state index contributed by atoms with van der Waals surface area (Å²) in [7, 11) is 1.62. The number of hydrogen-bond acceptors (Lipinski definition) is 7. The SMILES string of the molecule is CCCCCCCCCOC(=O)CCCCCCCN(CCCCCCCC(=O)OC(CCCCCCC)CCCCCCCC)CCCN/C(=N/[N+](=O)[O-])NC. The average Bonchev–Trinajstić information content (AvgIpc) is 3.19. The molecule has 0 fully saturated rings. The Morgan fingerprint density at radius 3 is 1.49 bits per heavy atom. The fraction of sp³-hybridized carbons (Fsp3) is 0.935. The minimum atomic E-state index is -0.696. The number of guanidine groups is 1. The predicted molar refractivity (Wildman–Crippen MR) is 238 cm³/mol. The molecule has 11 nitrogen and oxygen atoms in total. The number of esters is 2. The van der Waals surface area contributed by atoms with Gasteiger partial charge in [-0.15, -0.1) is 0 Å².